The molecule has 0 aromatic heterocycles. The van der Waals surface area contributed by atoms with E-state index in [1.54, 1.807) is 36.4 Å². The van der Waals surface area contributed by atoms with Crippen LogP contribution in [-0.2, 0) is 27.9 Å². The molecule has 0 saturated heterocycles. The lowest BCUT2D eigenvalue weighted by atomic mass is 10.2. The van der Waals surface area contributed by atoms with Gasteiger partial charge < -0.3 is 5.32 Å². The zero-order valence-corrected chi connectivity index (χ0v) is 15.9. The van der Waals surface area contributed by atoms with Gasteiger partial charge in [-0.25, -0.2) is 12.8 Å². The molecule has 0 unspecified atom stereocenters. The van der Waals surface area contributed by atoms with Crippen LogP contribution in [0.3, 0.4) is 0 Å². The standard InChI is InChI=1S/C18H20ClFN2O3S/c1-26(24,25)22(13-15-2-6-16(19)7-3-15)11-10-18(23)21-12-14-4-8-17(20)9-5-14/h2-9H,10-13H2,1H3,(H,21,23). The Kier molecular flexibility index (Phi) is 7.14. The van der Waals surface area contributed by atoms with Gasteiger partial charge in [0.25, 0.3) is 0 Å². The van der Waals surface area contributed by atoms with E-state index >= 15 is 0 Å². The van der Waals surface area contributed by atoms with Crippen LogP contribution in [0.25, 0.3) is 0 Å². The largest absolute Gasteiger partial charge is 0.352 e. The SMILES string of the molecule is CS(=O)(=O)N(CCC(=O)NCc1ccc(F)cc1)Cc1ccc(Cl)cc1. The number of sulfonamides is 1. The molecule has 26 heavy (non-hydrogen) atoms. The molecule has 1 amide bonds. The summed E-state index contributed by atoms with van der Waals surface area (Å²) in [6, 6.07) is 12.7. The smallest absolute Gasteiger partial charge is 0.221 e. The number of benzene rings is 2. The van der Waals surface area contributed by atoms with Gasteiger partial charge in [0.2, 0.25) is 15.9 Å². The molecule has 0 aliphatic heterocycles. The van der Waals surface area contributed by atoms with Gasteiger partial charge in [-0.05, 0) is 35.4 Å². The van der Waals surface area contributed by atoms with Crippen molar-refractivity contribution in [1.82, 2.24) is 9.62 Å². The predicted octanol–water partition coefficient (Wildman–Crippen LogP) is 2.95. The van der Waals surface area contributed by atoms with Gasteiger partial charge in [0.05, 0.1) is 6.26 Å². The maximum absolute atomic E-state index is 12.9. The minimum Gasteiger partial charge on any atom is -0.352 e. The van der Waals surface area contributed by atoms with Crippen molar-refractivity contribution in [2.45, 2.75) is 19.5 Å². The van der Waals surface area contributed by atoms with E-state index in [0.29, 0.717) is 5.02 Å². The molecule has 0 spiro atoms. The van der Waals surface area contributed by atoms with E-state index in [-0.39, 0.29) is 37.8 Å². The Labute approximate surface area is 157 Å². The average Bonchev–Trinajstić information content (AvgIpc) is 2.58. The lowest BCUT2D eigenvalue weighted by Crippen LogP contribution is -2.34. The van der Waals surface area contributed by atoms with Crippen molar-refractivity contribution >= 4 is 27.5 Å². The maximum Gasteiger partial charge on any atom is 0.221 e. The summed E-state index contributed by atoms with van der Waals surface area (Å²) in [4.78, 5) is 12.0. The summed E-state index contributed by atoms with van der Waals surface area (Å²) in [5.74, 6) is -0.620. The topological polar surface area (TPSA) is 66.5 Å². The number of carbonyl (C=O) groups is 1. The van der Waals surface area contributed by atoms with Crippen LogP contribution in [-0.4, -0.2) is 31.4 Å². The summed E-state index contributed by atoms with van der Waals surface area (Å²) in [5.41, 5.74) is 1.55. The Hall–Kier alpha value is -1.96. The summed E-state index contributed by atoms with van der Waals surface area (Å²) in [6.45, 7) is 0.493. The van der Waals surface area contributed by atoms with Crippen LogP contribution in [0, 0.1) is 5.82 Å². The van der Waals surface area contributed by atoms with Crippen LogP contribution < -0.4 is 5.32 Å². The number of nitrogens with one attached hydrogen (secondary N) is 1. The van der Waals surface area contributed by atoms with E-state index in [1.807, 2.05) is 0 Å². The Morgan fingerprint density at radius 3 is 2.23 bits per heavy atom. The van der Waals surface area contributed by atoms with E-state index in [2.05, 4.69) is 5.32 Å². The van der Waals surface area contributed by atoms with Gasteiger partial charge in [-0.15, -0.1) is 0 Å². The highest BCUT2D eigenvalue weighted by Gasteiger charge is 2.18. The number of hydrogen-bond acceptors (Lipinski definition) is 3. The van der Waals surface area contributed by atoms with Gasteiger partial charge in [-0.1, -0.05) is 35.9 Å². The van der Waals surface area contributed by atoms with Gasteiger partial charge >= 0.3 is 0 Å². The zero-order valence-electron chi connectivity index (χ0n) is 14.3. The van der Waals surface area contributed by atoms with E-state index in [0.717, 1.165) is 17.4 Å². The van der Waals surface area contributed by atoms with Crippen molar-refractivity contribution in [3.05, 3.63) is 70.5 Å². The van der Waals surface area contributed by atoms with Crippen molar-refractivity contribution in [1.29, 1.82) is 0 Å². The summed E-state index contributed by atoms with van der Waals surface area (Å²) in [6.07, 6.45) is 1.14. The molecule has 0 saturated carbocycles. The first kappa shape index (κ1) is 20.4. The summed E-state index contributed by atoms with van der Waals surface area (Å²) in [5, 5.41) is 3.27. The van der Waals surface area contributed by atoms with E-state index in [9.17, 15) is 17.6 Å². The molecule has 1 N–H and O–H groups in total. The highest BCUT2D eigenvalue weighted by atomic mass is 35.5. The molecule has 0 bridgehead atoms. The predicted molar refractivity (Wildman–Crippen MR) is 99.6 cm³/mol. The van der Waals surface area contributed by atoms with E-state index in [1.165, 1.54) is 16.4 Å². The lowest BCUT2D eigenvalue weighted by molar-refractivity contribution is -0.121. The Morgan fingerprint density at radius 2 is 1.65 bits per heavy atom. The van der Waals surface area contributed by atoms with Crippen LogP contribution in [0.15, 0.2) is 48.5 Å². The molecule has 0 atom stereocenters. The molecular formula is C18H20ClFN2O3S. The molecule has 2 rings (SSSR count). The second-order valence-corrected chi connectivity index (χ2v) is 8.30. The molecule has 5 nitrogen and oxygen atoms in total. The molecule has 2 aromatic rings. The van der Waals surface area contributed by atoms with Crippen molar-refractivity contribution < 1.29 is 17.6 Å². The quantitative estimate of drug-likeness (QED) is 0.743. The second kappa shape index (κ2) is 9.12. The first-order chi connectivity index (χ1) is 12.2. The molecule has 0 fully saturated rings. The van der Waals surface area contributed by atoms with Crippen molar-refractivity contribution in [2.24, 2.45) is 0 Å². The third-order valence-electron chi connectivity index (χ3n) is 3.73. The molecule has 8 heteroatoms. The van der Waals surface area contributed by atoms with Crippen LogP contribution in [0.1, 0.15) is 17.5 Å². The van der Waals surface area contributed by atoms with Crippen molar-refractivity contribution in [2.75, 3.05) is 12.8 Å². The van der Waals surface area contributed by atoms with Gasteiger partial charge in [-0.2, -0.15) is 4.31 Å². The van der Waals surface area contributed by atoms with E-state index < -0.39 is 10.0 Å². The van der Waals surface area contributed by atoms with Gasteiger partial charge in [0.1, 0.15) is 5.82 Å². The lowest BCUT2D eigenvalue weighted by Gasteiger charge is -2.20. The summed E-state index contributed by atoms with van der Waals surface area (Å²) < 4.78 is 38.0. The molecule has 2 aromatic carbocycles. The fraction of sp³-hybridized carbons (Fsp3) is 0.278. The minimum atomic E-state index is -3.46. The zero-order chi connectivity index (χ0) is 19.2. The maximum atomic E-state index is 12.9. The Morgan fingerprint density at radius 1 is 1.08 bits per heavy atom. The number of rotatable bonds is 8. The van der Waals surface area contributed by atoms with Gasteiger partial charge in [0, 0.05) is 31.1 Å². The summed E-state index contributed by atoms with van der Waals surface area (Å²) >= 11 is 5.83. The third-order valence-corrected chi connectivity index (χ3v) is 5.23. The average molecular weight is 399 g/mol. The second-order valence-electron chi connectivity index (χ2n) is 5.88. The van der Waals surface area contributed by atoms with Crippen LogP contribution in [0.4, 0.5) is 4.39 Å². The Balaban J connectivity index is 1.88. The monoisotopic (exact) mass is 398 g/mol. The highest BCUT2D eigenvalue weighted by Crippen LogP contribution is 2.13. The van der Waals surface area contributed by atoms with E-state index in [4.69, 9.17) is 11.6 Å². The normalized spacial score (nSPS) is 11.5. The Bertz CT molecular complexity index is 840. The van der Waals surface area contributed by atoms with Crippen LogP contribution >= 0.6 is 11.6 Å². The van der Waals surface area contributed by atoms with Crippen molar-refractivity contribution in [3.8, 4) is 0 Å². The number of nitrogens with zero attached hydrogens (tertiary/aromatic N) is 1. The minimum absolute atomic E-state index is 0.0296. The highest BCUT2D eigenvalue weighted by molar-refractivity contribution is 7.88. The molecule has 0 radical (unpaired) electrons. The third kappa shape index (κ3) is 6.74. The fourth-order valence-corrected chi connectivity index (χ4v) is 3.21. The van der Waals surface area contributed by atoms with Crippen LogP contribution in [0.2, 0.25) is 5.02 Å². The molecule has 0 aliphatic rings. The number of carbonyl (C=O) groups excluding carboxylic acids is 1. The first-order valence-electron chi connectivity index (χ1n) is 7.95. The number of amides is 1. The van der Waals surface area contributed by atoms with Gasteiger partial charge in [-0.3, -0.25) is 4.79 Å². The summed E-state index contributed by atoms with van der Waals surface area (Å²) in [7, 11) is -3.46. The van der Waals surface area contributed by atoms with Crippen molar-refractivity contribution in [3.63, 3.8) is 0 Å². The fourth-order valence-electron chi connectivity index (χ4n) is 2.27. The number of halogens is 2. The first-order valence-corrected chi connectivity index (χ1v) is 10.2. The van der Waals surface area contributed by atoms with Crippen LogP contribution in [0.5, 0.6) is 0 Å². The van der Waals surface area contributed by atoms with Gasteiger partial charge in [0.15, 0.2) is 0 Å². The number of hydrogen-bond donors (Lipinski definition) is 1. The molecular weight excluding hydrogens is 379 g/mol. The molecule has 0 heterocycles. The molecule has 140 valence electrons. The molecule has 0 aliphatic carbocycles.